The number of urea groups is 1. The average Bonchev–Trinajstić information content (AvgIpc) is 2.72. The molecule has 6 heteroatoms. The Morgan fingerprint density at radius 1 is 1.07 bits per heavy atom. The summed E-state index contributed by atoms with van der Waals surface area (Å²) in [5.41, 5.74) is 1.95. The van der Waals surface area contributed by atoms with Crippen LogP contribution in [-0.2, 0) is 4.79 Å². The minimum absolute atomic E-state index is 0.0258. The van der Waals surface area contributed by atoms with E-state index in [2.05, 4.69) is 10.6 Å². The van der Waals surface area contributed by atoms with Crippen molar-refractivity contribution in [2.45, 2.75) is 19.8 Å². The zero-order chi connectivity index (χ0) is 19.8. The lowest BCUT2D eigenvalue weighted by atomic mass is 9.96. The van der Waals surface area contributed by atoms with Gasteiger partial charge < -0.3 is 20.3 Å². The number of piperidine rings is 1. The standard InChI is InChI=1S/C22H27N3O3/c1-17-6-5-9-20(16-17)28-15-12-23-22(27)25-13-10-18(11-14-25)21(26)24-19-7-3-2-4-8-19/h2-9,16,18H,10-15H2,1H3,(H,23,27)(H,24,26). The number of nitrogens with zero attached hydrogens (tertiary/aromatic N) is 1. The first-order valence-electron chi connectivity index (χ1n) is 9.70. The molecule has 0 unspecified atom stereocenters. The Bertz CT molecular complexity index is 787. The lowest BCUT2D eigenvalue weighted by Gasteiger charge is -2.31. The number of nitrogens with one attached hydrogen (secondary N) is 2. The van der Waals surface area contributed by atoms with Gasteiger partial charge in [-0.1, -0.05) is 30.3 Å². The molecule has 0 atom stereocenters. The number of para-hydroxylation sites is 1. The molecule has 1 saturated heterocycles. The Kier molecular flexibility index (Phi) is 6.89. The summed E-state index contributed by atoms with van der Waals surface area (Å²) in [7, 11) is 0. The number of benzene rings is 2. The van der Waals surface area contributed by atoms with Crippen molar-refractivity contribution in [3.05, 3.63) is 60.2 Å². The molecule has 3 amide bonds. The topological polar surface area (TPSA) is 70.7 Å². The fourth-order valence-corrected chi connectivity index (χ4v) is 3.25. The lowest BCUT2D eigenvalue weighted by molar-refractivity contribution is -0.121. The van der Waals surface area contributed by atoms with Crippen LogP contribution in [0.5, 0.6) is 5.75 Å². The van der Waals surface area contributed by atoms with Crippen LogP contribution in [0.3, 0.4) is 0 Å². The number of anilines is 1. The second kappa shape index (κ2) is 9.78. The van der Waals surface area contributed by atoms with Crippen LogP contribution in [0.25, 0.3) is 0 Å². The van der Waals surface area contributed by atoms with Gasteiger partial charge in [0, 0.05) is 24.7 Å². The summed E-state index contributed by atoms with van der Waals surface area (Å²) in [6, 6.07) is 17.2. The van der Waals surface area contributed by atoms with Crippen molar-refractivity contribution in [1.29, 1.82) is 0 Å². The maximum Gasteiger partial charge on any atom is 0.317 e. The molecule has 1 aliphatic heterocycles. The number of rotatable bonds is 6. The zero-order valence-corrected chi connectivity index (χ0v) is 16.2. The Hall–Kier alpha value is -3.02. The summed E-state index contributed by atoms with van der Waals surface area (Å²) in [6.45, 7) is 4.04. The average molecular weight is 381 g/mol. The van der Waals surface area contributed by atoms with Gasteiger partial charge in [0.25, 0.3) is 0 Å². The van der Waals surface area contributed by atoms with Gasteiger partial charge in [0.05, 0.1) is 6.54 Å². The van der Waals surface area contributed by atoms with Crippen LogP contribution in [-0.4, -0.2) is 43.1 Å². The third kappa shape index (κ3) is 5.74. The van der Waals surface area contributed by atoms with Gasteiger partial charge in [-0.2, -0.15) is 0 Å². The molecule has 0 aliphatic carbocycles. The molecule has 2 aromatic rings. The molecule has 148 valence electrons. The number of aryl methyl sites for hydroxylation is 1. The Morgan fingerprint density at radius 2 is 1.82 bits per heavy atom. The Morgan fingerprint density at radius 3 is 2.54 bits per heavy atom. The van der Waals surface area contributed by atoms with Gasteiger partial charge in [-0.25, -0.2) is 4.79 Å². The number of ether oxygens (including phenoxy) is 1. The molecular formula is C22H27N3O3. The second-order valence-corrected chi connectivity index (χ2v) is 7.01. The van der Waals surface area contributed by atoms with Crippen LogP contribution in [0.15, 0.2) is 54.6 Å². The van der Waals surface area contributed by atoms with Gasteiger partial charge in [-0.15, -0.1) is 0 Å². The summed E-state index contributed by atoms with van der Waals surface area (Å²) >= 11 is 0. The van der Waals surface area contributed by atoms with E-state index in [9.17, 15) is 9.59 Å². The first-order chi connectivity index (χ1) is 13.6. The third-order valence-corrected chi connectivity index (χ3v) is 4.83. The molecular weight excluding hydrogens is 354 g/mol. The minimum atomic E-state index is -0.102. The van der Waals surface area contributed by atoms with Crippen LogP contribution >= 0.6 is 0 Å². The maximum absolute atomic E-state index is 12.4. The van der Waals surface area contributed by atoms with Gasteiger partial charge in [0.1, 0.15) is 12.4 Å². The molecule has 2 N–H and O–H groups in total. The smallest absolute Gasteiger partial charge is 0.317 e. The SMILES string of the molecule is Cc1cccc(OCCNC(=O)N2CCC(C(=O)Nc3ccccc3)CC2)c1. The molecule has 28 heavy (non-hydrogen) atoms. The van der Waals surface area contributed by atoms with Crippen LogP contribution in [0.4, 0.5) is 10.5 Å². The zero-order valence-electron chi connectivity index (χ0n) is 16.2. The molecule has 6 nitrogen and oxygen atoms in total. The summed E-state index contributed by atoms with van der Waals surface area (Å²) in [4.78, 5) is 26.4. The van der Waals surface area contributed by atoms with E-state index in [-0.39, 0.29) is 17.9 Å². The van der Waals surface area contributed by atoms with Gasteiger partial charge in [0.2, 0.25) is 5.91 Å². The molecule has 0 radical (unpaired) electrons. The molecule has 0 saturated carbocycles. The highest BCUT2D eigenvalue weighted by Gasteiger charge is 2.27. The summed E-state index contributed by atoms with van der Waals surface area (Å²) in [6.07, 6.45) is 1.34. The van der Waals surface area contributed by atoms with Gasteiger partial charge in [-0.3, -0.25) is 4.79 Å². The predicted octanol–water partition coefficient (Wildman–Crippen LogP) is 3.43. The Balaban J connectivity index is 1.35. The quantitative estimate of drug-likeness (QED) is 0.753. The van der Waals surface area contributed by atoms with E-state index in [1.807, 2.05) is 61.5 Å². The first kappa shape index (κ1) is 19.7. The van der Waals surface area contributed by atoms with Crippen molar-refractivity contribution >= 4 is 17.6 Å². The molecule has 0 aromatic heterocycles. The molecule has 0 bridgehead atoms. The van der Waals surface area contributed by atoms with Crippen molar-refractivity contribution in [3.63, 3.8) is 0 Å². The predicted molar refractivity (Wildman–Crippen MR) is 109 cm³/mol. The third-order valence-electron chi connectivity index (χ3n) is 4.83. The first-order valence-corrected chi connectivity index (χ1v) is 9.70. The normalized spacial score (nSPS) is 14.4. The molecule has 1 heterocycles. The van der Waals surface area contributed by atoms with E-state index >= 15 is 0 Å². The molecule has 1 aliphatic rings. The molecule has 2 aromatic carbocycles. The number of hydrogen-bond donors (Lipinski definition) is 2. The van der Waals surface area contributed by atoms with Gasteiger partial charge in [-0.05, 0) is 49.6 Å². The number of carbonyl (C=O) groups excluding carboxylic acids is 2. The second-order valence-electron chi connectivity index (χ2n) is 7.01. The van der Waals surface area contributed by atoms with Crippen LogP contribution < -0.4 is 15.4 Å². The lowest BCUT2D eigenvalue weighted by Crippen LogP contribution is -2.46. The number of amides is 3. The van der Waals surface area contributed by atoms with Gasteiger partial charge >= 0.3 is 6.03 Å². The fourth-order valence-electron chi connectivity index (χ4n) is 3.25. The van der Waals surface area contributed by atoms with Crippen LogP contribution in [0, 0.1) is 12.8 Å². The number of likely N-dealkylation sites (tertiary alicyclic amines) is 1. The van der Waals surface area contributed by atoms with Crippen molar-refractivity contribution in [2.24, 2.45) is 5.92 Å². The monoisotopic (exact) mass is 381 g/mol. The fraction of sp³-hybridized carbons (Fsp3) is 0.364. The largest absolute Gasteiger partial charge is 0.492 e. The van der Waals surface area contributed by atoms with E-state index < -0.39 is 0 Å². The summed E-state index contributed by atoms with van der Waals surface area (Å²) < 4.78 is 5.64. The van der Waals surface area contributed by atoms with E-state index in [4.69, 9.17) is 4.74 Å². The Labute approximate surface area is 165 Å². The highest BCUT2D eigenvalue weighted by atomic mass is 16.5. The number of carbonyl (C=O) groups is 2. The minimum Gasteiger partial charge on any atom is -0.492 e. The van der Waals surface area contributed by atoms with Crippen molar-refractivity contribution < 1.29 is 14.3 Å². The number of hydrogen-bond acceptors (Lipinski definition) is 3. The van der Waals surface area contributed by atoms with E-state index in [0.717, 1.165) is 17.0 Å². The van der Waals surface area contributed by atoms with E-state index in [1.165, 1.54) is 0 Å². The van der Waals surface area contributed by atoms with E-state index in [1.54, 1.807) is 4.90 Å². The van der Waals surface area contributed by atoms with E-state index in [0.29, 0.717) is 39.1 Å². The maximum atomic E-state index is 12.4. The summed E-state index contributed by atoms with van der Waals surface area (Å²) in [5, 5.41) is 5.83. The molecule has 1 fully saturated rings. The molecule has 0 spiro atoms. The van der Waals surface area contributed by atoms with Crippen LogP contribution in [0.2, 0.25) is 0 Å². The summed E-state index contributed by atoms with van der Waals surface area (Å²) in [5.74, 6) is 0.770. The molecule has 3 rings (SSSR count). The van der Waals surface area contributed by atoms with Crippen molar-refractivity contribution in [1.82, 2.24) is 10.2 Å². The van der Waals surface area contributed by atoms with Crippen molar-refractivity contribution in [2.75, 3.05) is 31.6 Å². The highest BCUT2D eigenvalue weighted by Crippen LogP contribution is 2.19. The highest BCUT2D eigenvalue weighted by molar-refractivity contribution is 5.92. The van der Waals surface area contributed by atoms with Gasteiger partial charge in [0.15, 0.2) is 0 Å². The van der Waals surface area contributed by atoms with Crippen LogP contribution in [0.1, 0.15) is 18.4 Å². The van der Waals surface area contributed by atoms with Crippen molar-refractivity contribution in [3.8, 4) is 5.75 Å².